The van der Waals surface area contributed by atoms with Crippen LogP contribution in [0.3, 0.4) is 0 Å². The number of carbonyl (C=O) groups excluding carboxylic acids is 1. The molecule has 0 aliphatic carbocycles. The van der Waals surface area contributed by atoms with Crippen molar-refractivity contribution in [2.24, 2.45) is 0 Å². The van der Waals surface area contributed by atoms with E-state index < -0.39 is 16.0 Å². The smallest absolute Gasteiger partial charge is 0.338 e. The molecule has 6 nitrogen and oxygen atoms in total. The zero-order valence-electron chi connectivity index (χ0n) is 15.3. The van der Waals surface area contributed by atoms with Gasteiger partial charge in [0.05, 0.1) is 24.2 Å². The third-order valence-electron chi connectivity index (χ3n) is 4.56. The van der Waals surface area contributed by atoms with E-state index in [0.717, 1.165) is 24.2 Å². The normalized spacial score (nSPS) is 14.9. The number of hydrogen-bond acceptors (Lipinski definition) is 5. The van der Waals surface area contributed by atoms with Crippen LogP contribution in [0.25, 0.3) is 0 Å². The van der Waals surface area contributed by atoms with Crippen molar-refractivity contribution < 1.29 is 22.7 Å². The Morgan fingerprint density at radius 1 is 1.07 bits per heavy atom. The number of benzene rings is 2. The van der Waals surface area contributed by atoms with E-state index in [1.165, 1.54) is 16.4 Å². The third-order valence-corrected chi connectivity index (χ3v) is 6.45. The standard InChI is InChI=1S/C20H23NO5S/c1-25-18-9-7-16(8-10-18)11-14-26-20(22)17-5-4-6-19(15-17)27(23,24)21-12-2-3-13-21/h4-10,15H,2-3,11-14H2,1H3. The van der Waals surface area contributed by atoms with E-state index in [9.17, 15) is 13.2 Å². The van der Waals surface area contributed by atoms with Gasteiger partial charge in [0.1, 0.15) is 5.75 Å². The van der Waals surface area contributed by atoms with E-state index in [-0.39, 0.29) is 17.1 Å². The summed E-state index contributed by atoms with van der Waals surface area (Å²) < 4.78 is 37.1. The molecule has 1 fully saturated rings. The van der Waals surface area contributed by atoms with Crippen LogP contribution in [-0.4, -0.2) is 45.5 Å². The van der Waals surface area contributed by atoms with Gasteiger partial charge in [0.2, 0.25) is 10.0 Å². The molecule has 1 saturated heterocycles. The summed E-state index contributed by atoms with van der Waals surface area (Å²) >= 11 is 0. The molecule has 27 heavy (non-hydrogen) atoms. The zero-order chi connectivity index (χ0) is 19.3. The fraction of sp³-hybridized carbons (Fsp3) is 0.350. The van der Waals surface area contributed by atoms with Crippen molar-refractivity contribution in [2.75, 3.05) is 26.8 Å². The van der Waals surface area contributed by atoms with Gasteiger partial charge in [0.25, 0.3) is 0 Å². The van der Waals surface area contributed by atoms with Crippen LogP contribution >= 0.6 is 0 Å². The van der Waals surface area contributed by atoms with Gasteiger partial charge >= 0.3 is 5.97 Å². The van der Waals surface area contributed by atoms with E-state index in [1.807, 2.05) is 24.3 Å². The number of esters is 1. The first kappa shape index (κ1) is 19.4. The maximum atomic E-state index is 12.6. The molecule has 0 unspecified atom stereocenters. The molecular weight excluding hydrogens is 366 g/mol. The largest absolute Gasteiger partial charge is 0.497 e. The van der Waals surface area contributed by atoms with E-state index in [2.05, 4.69) is 0 Å². The summed E-state index contributed by atoms with van der Waals surface area (Å²) in [5.74, 6) is 0.244. The maximum Gasteiger partial charge on any atom is 0.338 e. The van der Waals surface area contributed by atoms with Crippen LogP contribution in [0.15, 0.2) is 53.4 Å². The van der Waals surface area contributed by atoms with Gasteiger partial charge in [0, 0.05) is 19.5 Å². The molecule has 0 atom stereocenters. The number of ether oxygens (including phenoxy) is 2. The van der Waals surface area contributed by atoms with Crippen LogP contribution in [0, 0.1) is 0 Å². The molecular formula is C20H23NO5S. The second-order valence-corrected chi connectivity index (χ2v) is 8.31. The number of methoxy groups -OCH3 is 1. The van der Waals surface area contributed by atoms with Gasteiger partial charge in [-0.2, -0.15) is 4.31 Å². The summed E-state index contributed by atoms with van der Waals surface area (Å²) in [7, 11) is -1.95. The lowest BCUT2D eigenvalue weighted by Crippen LogP contribution is -2.28. The second-order valence-electron chi connectivity index (χ2n) is 6.37. The van der Waals surface area contributed by atoms with Gasteiger partial charge in [-0.1, -0.05) is 18.2 Å². The Labute approximate surface area is 159 Å². The van der Waals surface area contributed by atoms with E-state index in [4.69, 9.17) is 9.47 Å². The Kier molecular flexibility index (Phi) is 6.13. The fourth-order valence-corrected chi connectivity index (χ4v) is 4.56. The number of rotatable bonds is 7. The molecule has 3 rings (SSSR count). The lowest BCUT2D eigenvalue weighted by atomic mass is 10.1. The van der Waals surface area contributed by atoms with Gasteiger partial charge < -0.3 is 9.47 Å². The van der Waals surface area contributed by atoms with Gasteiger partial charge in [-0.3, -0.25) is 0 Å². The molecule has 7 heteroatoms. The first-order valence-corrected chi connectivity index (χ1v) is 10.3. The summed E-state index contributed by atoms with van der Waals surface area (Å²) in [4.78, 5) is 12.4. The summed E-state index contributed by atoms with van der Waals surface area (Å²) in [6.45, 7) is 1.27. The first-order chi connectivity index (χ1) is 13.0. The molecule has 0 N–H and O–H groups in total. The minimum Gasteiger partial charge on any atom is -0.497 e. The Balaban J connectivity index is 1.61. The van der Waals surface area contributed by atoms with Crippen LogP contribution in [0.2, 0.25) is 0 Å². The highest BCUT2D eigenvalue weighted by Gasteiger charge is 2.27. The molecule has 1 aliphatic rings. The number of sulfonamides is 1. The Hall–Kier alpha value is -2.38. The molecule has 0 saturated carbocycles. The fourth-order valence-electron chi connectivity index (χ4n) is 3.00. The van der Waals surface area contributed by atoms with E-state index >= 15 is 0 Å². The maximum absolute atomic E-state index is 12.6. The van der Waals surface area contributed by atoms with Crippen molar-refractivity contribution in [1.82, 2.24) is 4.31 Å². The van der Waals surface area contributed by atoms with Crippen LogP contribution < -0.4 is 4.74 Å². The highest BCUT2D eigenvalue weighted by atomic mass is 32.2. The molecule has 0 bridgehead atoms. The highest BCUT2D eigenvalue weighted by Crippen LogP contribution is 2.22. The van der Waals surface area contributed by atoms with Crippen LogP contribution in [0.1, 0.15) is 28.8 Å². The van der Waals surface area contributed by atoms with Gasteiger partial charge in [-0.15, -0.1) is 0 Å². The van der Waals surface area contributed by atoms with Gasteiger partial charge in [-0.25, -0.2) is 13.2 Å². The van der Waals surface area contributed by atoms with Crippen LogP contribution in [0.4, 0.5) is 0 Å². The Morgan fingerprint density at radius 2 is 1.78 bits per heavy atom. The van der Waals surface area contributed by atoms with Crippen molar-refractivity contribution in [3.63, 3.8) is 0 Å². The van der Waals surface area contributed by atoms with Crippen molar-refractivity contribution in [2.45, 2.75) is 24.2 Å². The highest BCUT2D eigenvalue weighted by molar-refractivity contribution is 7.89. The monoisotopic (exact) mass is 389 g/mol. The molecule has 1 aliphatic heterocycles. The van der Waals surface area contributed by atoms with Gasteiger partial charge in [-0.05, 0) is 48.7 Å². The Bertz CT molecular complexity index is 887. The molecule has 1 heterocycles. The van der Waals surface area contributed by atoms with E-state index in [0.29, 0.717) is 19.5 Å². The lowest BCUT2D eigenvalue weighted by molar-refractivity contribution is 0.0509. The lowest BCUT2D eigenvalue weighted by Gasteiger charge is -2.15. The van der Waals surface area contributed by atoms with Crippen molar-refractivity contribution in [3.05, 3.63) is 59.7 Å². The molecule has 144 valence electrons. The quantitative estimate of drug-likeness (QED) is 0.681. The molecule has 0 aromatic heterocycles. The Morgan fingerprint density at radius 3 is 2.44 bits per heavy atom. The SMILES string of the molecule is COc1ccc(CCOC(=O)c2cccc(S(=O)(=O)N3CCCC3)c2)cc1. The zero-order valence-corrected chi connectivity index (χ0v) is 16.1. The van der Waals surface area contributed by atoms with Crippen LogP contribution in [0.5, 0.6) is 5.75 Å². The predicted molar refractivity (Wildman–Crippen MR) is 101 cm³/mol. The van der Waals surface area contributed by atoms with Gasteiger partial charge in [0.15, 0.2) is 0 Å². The first-order valence-electron chi connectivity index (χ1n) is 8.91. The summed E-state index contributed by atoms with van der Waals surface area (Å²) in [6.07, 6.45) is 2.31. The molecule has 0 radical (unpaired) electrons. The van der Waals surface area contributed by atoms with Crippen molar-refractivity contribution in [1.29, 1.82) is 0 Å². The second kappa shape index (κ2) is 8.54. The number of carbonyl (C=O) groups is 1. The van der Waals surface area contributed by atoms with E-state index in [1.54, 1.807) is 19.2 Å². The summed E-state index contributed by atoms with van der Waals surface area (Å²) in [6, 6.07) is 13.6. The van der Waals surface area contributed by atoms with Crippen molar-refractivity contribution >= 4 is 16.0 Å². The predicted octanol–water partition coefficient (Wildman–Crippen LogP) is 2.88. The number of nitrogens with zero attached hydrogens (tertiary/aromatic N) is 1. The minimum atomic E-state index is -3.55. The average Bonchev–Trinajstić information content (AvgIpc) is 3.24. The summed E-state index contributed by atoms with van der Waals surface area (Å²) in [5.41, 5.74) is 1.26. The molecule has 0 spiro atoms. The van der Waals surface area contributed by atoms with Crippen LogP contribution in [-0.2, 0) is 21.2 Å². The molecule has 2 aromatic carbocycles. The molecule has 2 aromatic rings. The molecule has 0 amide bonds. The topological polar surface area (TPSA) is 72.9 Å². The third kappa shape index (κ3) is 4.67. The van der Waals surface area contributed by atoms with Crippen molar-refractivity contribution in [3.8, 4) is 5.75 Å². The summed E-state index contributed by atoms with van der Waals surface area (Å²) in [5, 5.41) is 0. The number of hydrogen-bond donors (Lipinski definition) is 0. The minimum absolute atomic E-state index is 0.133. The average molecular weight is 389 g/mol.